The Morgan fingerprint density at radius 2 is 2.24 bits per heavy atom. The molecule has 8 nitrogen and oxygen atoms in total. The third-order valence-corrected chi connectivity index (χ3v) is 4.40. The molecule has 0 aromatic carbocycles. The van der Waals surface area contributed by atoms with Gasteiger partial charge in [0, 0.05) is 0 Å². The summed E-state index contributed by atoms with van der Waals surface area (Å²) in [6.45, 7) is 0.978. The Labute approximate surface area is 132 Å². The van der Waals surface area contributed by atoms with Crippen molar-refractivity contribution >= 4 is 38.6 Å². The highest BCUT2D eigenvalue weighted by atomic mass is 79.9. The molecular weight excluding hydrogens is 368 g/mol. The van der Waals surface area contributed by atoms with Gasteiger partial charge in [0.2, 0.25) is 0 Å². The molecule has 0 radical (unpaired) electrons. The molecule has 1 saturated heterocycles. The predicted molar refractivity (Wildman–Crippen MR) is 75.7 cm³/mol. The predicted octanol–water partition coefficient (Wildman–Crippen LogP) is 0.244. The molecule has 0 bridgehead atoms. The standard InChI is InChI=1S/C11H12BrClN4O4/c1-11(20)6(19)4(2-18)21-10(11)17-9-5(7(12)16-17)8(13)14-3-15-9/h3-4,6,10,18-20H,2H2,1H3/t4?,6?,10?,11-/m1/s1. The van der Waals surface area contributed by atoms with Gasteiger partial charge in [-0.2, -0.15) is 5.10 Å². The van der Waals surface area contributed by atoms with Gasteiger partial charge in [0.15, 0.2) is 11.9 Å². The second-order valence-corrected chi connectivity index (χ2v) is 6.09. The maximum absolute atomic E-state index is 10.5. The number of fused-ring (bicyclic) bond motifs is 1. The van der Waals surface area contributed by atoms with Crippen LogP contribution in [0.25, 0.3) is 11.0 Å². The SMILES string of the molecule is C[C@@]1(O)C(O)C(CO)OC1n1nc(Br)c2c(Cl)ncnc21. The molecule has 1 aliphatic heterocycles. The minimum atomic E-state index is -1.65. The van der Waals surface area contributed by atoms with Gasteiger partial charge in [-0.1, -0.05) is 11.6 Å². The molecule has 3 unspecified atom stereocenters. The van der Waals surface area contributed by atoms with Crippen molar-refractivity contribution in [3.05, 3.63) is 16.1 Å². The summed E-state index contributed by atoms with van der Waals surface area (Å²) in [5, 5.41) is 34.6. The van der Waals surface area contributed by atoms with Gasteiger partial charge < -0.3 is 20.1 Å². The lowest BCUT2D eigenvalue weighted by Gasteiger charge is -2.26. The van der Waals surface area contributed by atoms with Crippen molar-refractivity contribution in [2.24, 2.45) is 0 Å². The Balaban J connectivity index is 2.15. The van der Waals surface area contributed by atoms with Crippen LogP contribution in [0.4, 0.5) is 0 Å². The molecule has 21 heavy (non-hydrogen) atoms. The fraction of sp³-hybridized carbons (Fsp3) is 0.545. The fourth-order valence-electron chi connectivity index (χ4n) is 2.41. The van der Waals surface area contributed by atoms with Crippen LogP contribution >= 0.6 is 27.5 Å². The van der Waals surface area contributed by atoms with E-state index >= 15 is 0 Å². The smallest absolute Gasteiger partial charge is 0.183 e. The van der Waals surface area contributed by atoms with Crippen LogP contribution in [0, 0.1) is 0 Å². The summed E-state index contributed by atoms with van der Waals surface area (Å²) in [5.41, 5.74) is -1.30. The van der Waals surface area contributed by atoms with Crippen molar-refractivity contribution < 1.29 is 20.1 Å². The molecule has 2 aromatic rings. The highest BCUT2D eigenvalue weighted by Gasteiger charge is 2.53. The van der Waals surface area contributed by atoms with Crippen molar-refractivity contribution in [1.29, 1.82) is 0 Å². The van der Waals surface area contributed by atoms with Gasteiger partial charge in [-0.15, -0.1) is 0 Å². The molecule has 3 rings (SSSR count). The van der Waals surface area contributed by atoms with Crippen LogP contribution in [0.3, 0.4) is 0 Å². The van der Waals surface area contributed by atoms with Crippen LogP contribution in [0.1, 0.15) is 13.2 Å². The Bertz CT molecular complexity index is 694. The van der Waals surface area contributed by atoms with Crippen LogP contribution in [0.5, 0.6) is 0 Å². The molecule has 0 spiro atoms. The summed E-state index contributed by atoms with van der Waals surface area (Å²) in [7, 11) is 0. The van der Waals surface area contributed by atoms with Crippen molar-refractivity contribution in [1.82, 2.24) is 19.7 Å². The number of aliphatic hydroxyl groups is 3. The number of ether oxygens (including phenoxy) is 1. The number of nitrogens with zero attached hydrogens (tertiary/aromatic N) is 4. The second-order valence-electron chi connectivity index (χ2n) is 4.98. The van der Waals surface area contributed by atoms with Crippen LogP contribution < -0.4 is 0 Å². The lowest BCUT2D eigenvalue weighted by atomic mass is 9.97. The largest absolute Gasteiger partial charge is 0.394 e. The molecule has 1 fully saturated rings. The molecule has 0 aliphatic carbocycles. The van der Waals surface area contributed by atoms with Crippen LogP contribution in [-0.2, 0) is 4.74 Å². The molecule has 0 amide bonds. The van der Waals surface area contributed by atoms with Crippen molar-refractivity contribution in [3.8, 4) is 0 Å². The minimum absolute atomic E-state index is 0.204. The molecule has 1 aliphatic rings. The first-order valence-electron chi connectivity index (χ1n) is 6.09. The van der Waals surface area contributed by atoms with Crippen LogP contribution in [0.15, 0.2) is 10.9 Å². The van der Waals surface area contributed by atoms with E-state index in [0.29, 0.717) is 15.6 Å². The number of hydrogen-bond donors (Lipinski definition) is 3. The average molecular weight is 380 g/mol. The molecule has 3 N–H and O–H groups in total. The number of aromatic nitrogens is 4. The molecule has 114 valence electrons. The summed E-state index contributed by atoms with van der Waals surface area (Å²) in [6, 6.07) is 0. The Hall–Kier alpha value is -0.840. The van der Waals surface area contributed by atoms with E-state index in [1.54, 1.807) is 0 Å². The van der Waals surface area contributed by atoms with Crippen molar-refractivity contribution in [3.63, 3.8) is 0 Å². The minimum Gasteiger partial charge on any atom is -0.394 e. The van der Waals surface area contributed by atoms with Gasteiger partial charge in [-0.3, -0.25) is 0 Å². The number of rotatable bonds is 2. The maximum atomic E-state index is 10.5. The van der Waals surface area contributed by atoms with E-state index in [9.17, 15) is 15.3 Å². The summed E-state index contributed by atoms with van der Waals surface area (Å²) in [6.07, 6.45) is -1.94. The molecule has 4 atom stereocenters. The summed E-state index contributed by atoms with van der Waals surface area (Å²) >= 11 is 9.27. The highest BCUT2D eigenvalue weighted by Crippen LogP contribution is 2.40. The fourth-order valence-corrected chi connectivity index (χ4v) is 3.28. The molecule has 10 heteroatoms. The Kier molecular flexibility index (Phi) is 3.67. The average Bonchev–Trinajstić information content (AvgIpc) is 2.87. The lowest BCUT2D eigenvalue weighted by molar-refractivity contribution is -0.100. The maximum Gasteiger partial charge on any atom is 0.183 e. The molecule has 2 aromatic heterocycles. The summed E-state index contributed by atoms with van der Waals surface area (Å²) < 4.78 is 7.22. The van der Waals surface area contributed by atoms with Gasteiger partial charge in [-0.05, 0) is 22.9 Å². The van der Waals surface area contributed by atoms with E-state index in [1.807, 2.05) is 0 Å². The number of aliphatic hydroxyl groups excluding tert-OH is 2. The second kappa shape index (κ2) is 5.11. The molecule has 3 heterocycles. The van der Waals surface area contributed by atoms with Gasteiger partial charge in [0.05, 0.1) is 12.0 Å². The van der Waals surface area contributed by atoms with E-state index in [1.165, 1.54) is 17.9 Å². The first-order valence-corrected chi connectivity index (χ1v) is 7.26. The number of halogens is 2. The normalized spacial score (nSPS) is 33.0. The van der Waals surface area contributed by atoms with E-state index in [2.05, 4.69) is 31.0 Å². The zero-order chi connectivity index (χ0) is 15.4. The quantitative estimate of drug-likeness (QED) is 0.641. The summed E-state index contributed by atoms with van der Waals surface area (Å²) in [4.78, 5) is 7.96. The van der Waals surface area contributed by atoms with Crippen molar-refractivity contribution in [2.75, 3.05) is 6.61 Å². The van der Waals surface area contributed by atoms with E-state index in [4.69, 9.17) is 16.3 Å². The van der Waals surface area contributed by atoms with E-state index < -0.39 is 30.6 Å². The number of hydrogen-bond acceptors (Lipinski definition) is 7. The summed E-state index contributed by atoms with van der Waals surface area (Å²) in [5.74, 6) is 0. The van der Waals surface area contributed by atoms with Gasteiger partial charge in [0.25, 0.3) is 0 Å². The van der Waals surface area contributed by atoms with Gasteiger partial charge in [-0.25, -0.2) is 14.6 Å². The molecular formula is C11H12BrClN4O4. The lowest BCUT2D eigenvalue weighted by Crippen LogP contribution is -2.44. The highest BCUT2D eigenvalue weighted by molar-refractivity contribution is 9.10. The Morgan fingerprint density at radius 1 is 1.52 bits per heavy atom. The van der Waals surface area contributed by atoms with Gasteiger partial charge in [0.1, 0.15) is 33.9 Å². The zero-order valence-corrected chi connectivity index (χ0v) is 13.2. The van der Waals surface area contributed by atoms with Crippen molar-refractivity contribution in [2.45, 2.75) is 31.0 Å². The van der Waals surface area contributed by atoms with Crippen LogP contribution in [0.2, 0.25) is 5.15 Å². The topological polar surface area (TPSA) is 114 Å². The molecule has 0 saturated carbocycles. The van der Waals surface area contributed by atoms with Crippen LogP contribution in [-0.4, -0.2) is 59.5 Å². The monoisotopic (exact) mass is 378 g/mol. The zero-order valence-electron chi connectivity index (χ0n) is 10.8. The van der Waals surface area contributed by atoms with E-state index in [-0.39, 0.29) is 5.15 Å². The first kappa shape index (κ1) is 15.1. The third kappa shape index (κ3) is 2.16. The third-order valence-electron chi connectivity index (χ3n) is 3.56. The van der Waals surface area contributed by atoms with E-state index in [0.717, 1.165) is 0 Å². The first-order chi connectivity index (χ1) is 9.87. The Morgan fingerprint density at radius 3 is 2.86 bits per heavy atom. The van der Waals surface area contributed by atoms with Gasteiger partial charge >= 0.3 is 0 Å².